The molecule has 3 aromatic carbocycles. The molecule has 1 amide bonds. The van der Waals surface area contributed by atoms with Gasteiger partial charge in [0.15, 0.2) is 0 Å². The minimum Gasteiger partial charge on any atom is -0.311 e. The largest absolute Gasteiger partial charge is 0.311 e. The number of fused-ring (bicyclic) bond motifs is 1. The standard InChI is InChI=1S/C23H18Br2Cl2N2O3S/c24-17-2-6-20(7-3-17)33(31,32)28(13-16-1-5-19(26)12-21(16)27)14-23(30)29-10-9-15-11-18(25)4-8-22(15)29/h1-8,11-12H,9-10,13-14H2. The van der Waals surface area contributed by atoms with Crippen LogP contribution in [0.5, 0.6) is 0 Å². The first-order valence-corrected chi connectivity index (χ1v) is 13.7. The Labute approximate surface area is 219 Å². The van der Waals surface area contributed by atoms with Gasteiger partial charge in [0.25, 0.3) is 0 Å². The molecule has 4 rings (SSSR count). The van der Waals surface area contributed by atoms with E-state index in [1.165, 1.54) is 12.1 Å². The Morgan fingerprint density at radius 2 is 1.67 bits per heavy atom. The first-order valence-electron chi connectivity index (χ1n) is 9.93. The normalized spacial score (nSPS) is 13.4. The van der Waals surface area contributed by atoms with Gasteiger partial charge in [-0.1, -0.05) is 61.1 Å². The number of nitrogens with zero attached hydrogens (tertiary/aromatic N) is 2. The van der Waals surface area contributed by atoms with E-state index in [0.717, 1.165) is 24.5 Å². The van der Waals surface area contributed by atoms with Crippen LogP contribution in [0.3, 0.4) is 0 Å². The maximum Gasteiger partial charge on any atom is 0.243 e. The minimum absolute atomic E-state index is 0.0683. The maximum absolute atomic E-state index is 13.5. The van der Waals surface area contributed by atoms with E-state index in [1.54, 1.807) is 35.2 Å². The van der Waals surface area contributed by atoms with Crippen LogP contribution in [0, 0.1) is 0 Å². The van der Waals surface area contributed by atoms with E-state index in [0.29, 0.717) is 28.6 Å². The lowest BCUT2D eigenvalue weighted by Crippen LogP contribution is -2.42. The molecule has 0 unspecified atom stereocenters. The molecule has 0 aromatic heterocycles. The number of halogens is 4. The van der Waals surface area contributed by atoms with Crippen molar-refractivity contribution in [1.82, 2.24) is 4.31 Å². The zero-order valence-electron chi connectivity index (χ0n) is 17.1. The van der Waals surface area contributed by atoms with Crippen LogP contribution in [0.1, 0.15) is 11.1 Å². The highest BCUT2D eigenvalue weighted by atomic mass is 79.9. The number of anilines is 1. The molecule has 0 radical (unpaired) electrons. The van der Waals surface area contributed by atoms with Crippen LogP contribution in [0.25, 0.3) is 0 Å². The lowest BCUT2D eigenvalue weighted by molar-refractivity contribution is -0.118. The molecule has 172 valence electrons. The van der Waals surface area contributed by atoms with Crippen LogP contribution in [0.4, 0.5) is 5.69 Å². The SMILES string of the molecule is O=C(CN(Cc1ccc(Cl)cc1Cl)S(=O)(=O)c1ccc(Br)cc1)N1CCc2cc(Br)ccc21. The Bertz CT molecular complexity index is 1320. The van der Waals surface area contributed by atoms with E-state index in [1.807, 2.05) is 18.2 Å². The lowest BCUT2D eigenvalue weighted by Gasteiger charge is -2.25. The maximum atomic E-state index is 13.5. The van der Waals surface area contributed by atoms with Gasteiger partial charge in [-0.3, -0.25) is 4.79 Å². The van der Waals surface area contributed by atoms with Gasteiger partial charge >= 0.3 is 0 Å². The van der Waals surface area contributed by atoms with Gasteiger partial charge in [0.2, 0.25) is 15.9 Å². The van der Waals surface area contributed by atoms with Crippen molar-refractivity contribution in [3.63, 3.8) is 0 Å². The summed E-state index contributed by atoms with van der Waals surface area (Å²) in [5.41, 5.74) is 2.40. The molecule has 0 atom stereocenters. The highest BCUT2D eigenvalue weighted by Gasteiger charge is 2.32. The van der Waals surface area contributed by atoms with E-state index >= 15 is 0 Å². The second kappa shape index (κ2) is 10.1. The third-order valence-corrected chi connectivity index (χ3v) is 8.78. The fourth-order valence-electron chi connectivity index (χ4n) is 3.69. The topological polar surface area (TPSA) is 57.7 Å². The summed E-state index contributed by atoms with van der Waals surface area (Å²) < 4.78 is 29.9. The van der Waals surface area contributed by atoms with Crippen molar-refractivity contribution < 1.29 is 13.2 Å². The van der Waals surface area contributed by atoms with Crippen LogP contribution >= 0.6 is 55.1 Å². The Balaban J connectivity index is 1.67. The van der Waals surface area contributed by atoms with Gasteiger partial charge in [-0.15, -0.1) is 0 Å². The Morgan fingerprint density at radius 3 is 2.36 bits per heavy atom. The van der Waals surface area contributed by atoms with Gasteiger partial charge in [-0.2, -0.15) is 4.31 Å². The van der Waals surface area contributed by atoms with Crippen molar-refractivity contribution in [3.05, 3.63) is 90.8 Å². The Kier molecular flexibility index (Phi) is 7.53. The van der Waals surface area contributed by atoms with Crippen molar-refractivity contribution >= 4 is 76.7 Å². The van der Waals surface area contributed by atoms with Crippen LogP contribution in [0.2, 0.25) is 10.0 Å². The predicted molar refractivity (Wildman–Crippen MR) is 138 cm³/mol. The summed E-state index contributed by atoms with van der Waals surface area (Å²) >= 11 is 19.1. The fourth-order valence-corrected chi connectivity index (χ4v) is 6.20. The first kappa shape index (κ1) is 24.7. The minimum atomic E-state index is -3.99. The number of carbonyl (C=O) groups excluding carboxylic acids is 1. The molecule has 3 aromatic rings. The Hall–Kier alpha value is -1.42. The number of hydrogen-bond acceptors (Lipinski definition) is 3. The summed E-state index contributed by atoms with van der Waals surface area (Å²) in [6.45, 7) is 0.104. The van der Waals surface area contributed by atoms with E-state index in [4.69, 9.17) is 23.2 Å². The average molecular weight is 633 g/mol. The molecular formula is C23H18Br2Cl2N2O3S. The summed E-state index contributed by atoms with van der Waals surface area (Å²) in [6.07, 6.45) is 0.711. The van der Waals surface area contributed by atoms with Gasteiger partial charge < -0.3 is 4.90 Å². The van der Waals surface area contributed by atoms with E-state index in [2.05, 4.69) is 31.9 Å². The molecule has 10 heteroatoms. The van der Waals surface area contributed by atoms with Crippen LogP contribution in [-0.4, -0.2) is 31.7 Å². The van der Waals surface area contributed by atoms with Crippen molar-refractivity contribution in [3.8, 4) is 0 Å². The van der Waals surface area contributed by atoms with Crippen molar-refractivity contribution in [2.45, 2.75) is 17.9 Å². The smallest absolute Gasteiger partial charge is 0.243 e. The molecular weight excluding hydrogens is 615 g/mol. The Morgan fingerprint density at radius 1 is 0.970 bits per heavy atom. The summed E-state index contributed by atoms with van der Waals surface area (Å²) in [6, 6.07) is 16.9. The van der Waals surface area contributed by atoms with Crippen molar-refractivity contribution in [2.24, 2.45) is 0 Å². The number of benzene rings is 3. The van der Waals surface area contributed by atoms with Gasteiger partial charge in [0.1, 0.15) is 0 Å². The lowest BCUT2D eigenvalue weighted by atomic mass is 10.2. The molecule has 0 bridgehead atoms. The summed E-state index contributed by atoms with van der Waals surface area (Å²) in [7, 11) is -3.99. The van der Waals surface area contributed by atoms with Gasteiger partial charge in [-0.25, -0.2) is 8.42 Å². The number of carbonyl (C=O) groups is 1. The molecule has 33 heavy (non-hydrogen) atoms. The van der Waals surface area contributed by atoms with E-state index in [-0.39, 0.29) is 23.9 Å². The summed E-state index contributed by atoms with van der Waals surface area (Å²) in [5.74, 6) is -0.304. The predicted octanol–water partition coefficient (Wildman–Crippen LogP) is 6.30. The molecule has 1 heterocycles. The summed E-state index contributed by atoms with van der Waals surface area (Å²) in [4.78, 5) is 15.0. The zero-order chi connectivity index (χ0) is 23.8. The van der Waals surface area contributed by atoms with Crippen molar-refractivity contribution in [2.75, 3.05) is 18.0 Å². The molecule has 0 N–H and O–H groups in total. The number of hydrogen-bond donors (Lipinski definition) is 0. The highest BCUT2D eigenvalue weighted by Crippen LogP contribution is 2.32. The second-order valence-electron chi connectivity index (χ2n) is 7.53. The zero-order valence-corrected chi connectivity index (χ0v) is 22.6. The van der Waals surface area contributed by atoms with Gasteiger partial charge in [-0.05, 0) is 72.1 Å². The molecule has 5 nitrogen and oxygen atoms in total. The second-order valence-corrected chi connectivity index (χ2v) is 12.1. The first-order chi connectivity index (χ1) is 15.6. The highest BCUT2D eigenvalue weighted by molar-refractivity contribution is 9.10. The van der Waals surface area contributed by atoms with Gasteiger partial charge in [0, 0.05) is 37.8 Å². The number of sulfonamides is 1. The van der Waals surface area contributed by atoms with Crippen LogP contribution < -0.4 is 4.90 Å². The molecule has 1 aliphatic heterocycles. The quantitative estimate of drug-likeness (QED) is 0.321. The van der Waals surface area contributed by atoms with E-state index < -0.39 is 10.0 Å². The monoisotopic (exact) mass is 630 g/mol. The molecule has 1 aliphatic rings. The van der Waals surface area contributed by atoms with Gasteiger partial charge in [0.05, 0.1) is 11.4 Å². The summed E-state index contributed by atoms with van der Waals surface area (Å²) in [5, 5.41) is 0.782. The average Bonchev–Trinajstić information content (AvgIpc) is 3.18. The van der Waals surface area contributed by atoms with E-state index in [9.17, 15) is 13.2 Å². The van der Waals surface area contributed by atoms with Crippen molar-refractivity contribution in [1.29, 1.82) is 0 Å². The molecule has 0 saturated heterocycles. The number of rotatable bonds is 6. The molecule has 0 aliphatic carbocycles. The van der Waals surface area contributed by atoms with Crippen LogP contribution in [-0.2, 0) is 27.8 Å². The molecule has 0 fully saturated rings. The molecule has 0 saturated carbocycles. The fraction of sp³-hybridized carbons (Fsp3) is 0.174. The van der Waals surface area contributed by atoms with Crippen LogP contribution in [0.15, 0.2) is 74.5 Å². The molecule has 0 spiro atoms. The third kappa shape index (κ3) is 5.47. The number of amides is 1. The third-order valence-electron chi connectivity index (χ3n) is 5.36.